The standard InChI is InChI=1S/C14H22N2O3/c1-10(2)8-16-14(17)9-19-13-6-12(18-3)5-4-11(13)7-15/h4-6,10H,7-9,15H2,1-3H3,(H,16,17). The summed E-state index contributed by atoms with van der Waals surface area (Å²) in [4.78, 5) is 11.6. The van der Waals surface area contributed by atoms with E-state index in [-0.39, 0.29) is 12.5 Å². The number of nitrogens with two attached hydrogens (primary N) is 1. The molecule has 0 heterocycles. The first kappa shape index (κ1) is 15.3. The number of methoxy groups -OCH3 is 1. The fourth-order valence-electron chi connectivity index (χ4n) is 1.48. The summed E-state index contributed by atoms with van der Waals surface area (Å²) in [5.41, 5.74) is 6.47. The Bertz CT molecular complexity index is 419. The molecule has 0 saturated heterocycles. The summed E-state index contributed by atoms with van der Waals surface area (Å²) >= 11 is 0. The van der Waals surface area contributed by atoms with Crippen LogP contribution in [0.25, 0.3) is 0 Å². The molecule has 0 aliphatic heterocycles. The maximum absolute atomic E-state index is 11.6. The van der Waals surface area contributed by atoms with Crippen molar-refractivity contribution in [2.45, 2.75) is 20.4 Å². The van der Waals surface area contributed by atoms with Crippen LogP contribution in [0.4, 0.5) is 0 Å². The number of amides is 1. The van der Waals surface area contributed by atoms with E-state index < -0.39 is 0 Å². The summed E-state index contributed by atoms with van der Waals surface area (Å²) in [6.45, 7) is 5.05. The monoisotopic (exact) mass is 266 g/mol. The van der Waals surface area contributed by atoms with E-state index in [1.54, 1.807) is 13.2 Å². The second-order valence-corrected chi connectivity index (χ2v) is 4.66. The van der Waals surface area contributed by atoms with Crippen molar-refractivity contribution in [3.8, 4) is 11.5 Å². The van der Waals surface area contributed by atoms with Crippen LogP contribution in [-0.4, -0.2) is 26.2 Å². The first-order valence-corrected chi connectivity index (χ1v) is 6.33. The van der Waals surface area contributed by atoms with Crippen molar-refractivity contribution in [1.29, 1.82) is 0 Å². The van der Waals surface area contributed by atoms with Crippen molar-refractivity contribution >= 4 is 5.91 Å². The minimum atomic E-state index is -0.139. The van der Waals surface area contributed by atoms with Gasteiger partial charge in [-0.15, -0.1) is 0 Å². The number of carbonyl (C=O) groups is 1. The van der Waals surface area contributed by atoms with Gasteiger partial charge < -0.3 is 20.5 Å². The average Bonchev–Trinajstić information content (AvgIpc) is 2.42. The molecule has 0 saturated carbocycles. The smallest absolute Gasteiger partial charge is 0.257 e. The van der Waals surface area contributed by atoms with Gasteiger partial charge in [-0.1, -0.05) is 19.9 Å². The highest BCUT2D eigenvalue weighted by Gasteiger charge is 2.08. The summed E-state index contributed by atoms with van der Waals surface area (Å²) in [7, 11) is 1.58. The second kappa shape index (κ2) is 7.63. The first-order valence-electron chi connectivity index (χ1n) is 6.33. The number of ether oxygens (including phenoxy) is 2. The van der Waals surface area contributed by atoms with E-state index in [4.69, 9.17) is 15.2 Å². The van der Waals surface area contributed by atoms with Gasteiger partial charge in [0.1, 0.15) is 11.5 Å². The maximum atomic E-state index is 11.6. The molecule has 0 spiro atoms. The van der Waals surface area contributed by atoms with E-state index in [2.05, 4.69) is 5.32 Å². The van der Waals surface area contributed by atoms with Gasteiger partial charge in [-0.2, -0.15) is 0 Å². The molecular weight excluding hydrogens is 244 g/mol. The Morgan fingerprint density at radius 1 is 1.42 bits per heavy atom. The third kappa shape index (κ3) is 5.18. The molecule has 0 aromatic heterocycles. The van der Waals surface area contributed by atoms with Gasteiger partial charge in [-0.05, 0) is 12.0 Å². The van der Waals surface area contributed by atoms with Crippen LogP contribution < -0.4 is 20.5 Å². The first-order chi connectivity index (χ1) is 9.06. The van der Waals surface area contributed by atoms with E-state index in [1.165, 1.54) is 0 Å². The minimum Gasteiger partial charge on any atom is -0.497 e. The van der Waals surface area contributed by atoms with Crippen LogP contribution >= 0.6 is 0 Å². The molecule has 0 fully saturated rings. The predicted molar refractivity (Wildman–Crippen MR) is 74.2 cm³/mol. The van der Waals surface area contributed by atoms with E-state index in [0.29, 0.717) is 30.5 Å². The van der Waals surface area contributed by atoms with Crippen molar-refractivity contribution in [1.82, 2.24) is 5.32 Å². The molecule has 1 rings (SSSR count). The van der Waals surface area contributed by atoms with Crippen LogP contribution in [0.5, 0.6) is 11.5 Å². The SMILES string of the molecule is COc1ccc(CN)c(OCC(=O)NCC(C)C)c1. The van der Waals surface area contributed by atoms with Gasteiger partial charge in [0.05, 0.1) is 7.11 Å². The third-order valence-electron chi connectivity index (χ3n) is 2.56. The summed E-state index contributed by atoms with van der Waals surface area (Å²) in [6.07, 6.45) is 0. The van der Waals surface area contributed by atoms with Gasteiger partial charge in [0, 0.05) is 24.7 Å². The molecule has 106 valence electrons. The normalized spacial score (nSPS) is 10.4. The topological polar surface area (TPSA) is 73.6 Å². The average molecular weight is 266 g/mol. The molecule has 0 aliphatic rings. The lowest BCUT2D eigenvalue weighted by atomic mass is 10.2. The van der Waals surface area contributed by atoms with Crippen molar-refractivity contribution in [3.05, 3.63) is 23.8 Å². The Balaban J connectivity index is 2.58. The Hall–Kier alpha value is -1.75. The number of rotatable bonds is 7. The predicted octanol–water partition coefficient (Wildman–Crippen LogP) is 1.30. The van der Waals surface area contributed by atoms with Crippen molar-refractivity contribution in [2.75, 3.05) is 20.3 Å². The number of hydrogen-bond donors (Lipinski definition) is 2. The number of nitrogens with one attached hydrogen (secondary N) is 1. The summed E-state index contributed by atoms with van der Waals surface area (Å²) in [5.74, 6) is 1.54. The zero-order valence-electron chi connectivity index (χ0n) is 11.7. The molecule has 0 aliphatic carbocycles. The zero-order chi connectivity index (χ0) is 14.3. The molecule has 5 heteroatoms. The Morgan fingerprint density at radius 3 is 2.74 bits per heavy atom. The highest BCUT2D eigenvalue weighted by atomic mass is 16.5. The molecular formula is C14H22N2O3. The third-order valence-corrected chi connectivity index (χ3v) is 2.56. The number of carbonyl (C=O) groups excluding carboxylic acids is 1. The van der Waals surface area contributed by atoms with Gasteiger partial charge in [-0.25, -0.2) is 0 Å². The van der Waals surface area contributed by atoms with Gasteiger partial charge in [-0.3, -0.25) is 4.79 Å². The molecule has 1 aromatic carbocycles. The molecule has 19 heavy (non-hydrogen) atoms. The largest absolute Gasteiger partial charge is 0.497 e. The summed E-state index contributed by atoms with van der Waals surface area (Å²) in [5, 5.41) is 2.79. The van der Waals surface area contributed by atoms with Crippen LogP contribution in [0.2, 0.25) is 0 Å². The molecule has 0 radical (unpaired) electrons. The quantitative estimate of drug-likeness (QED) is 0.780. The van der Waals surface area contributed by atoms with Crippen molar-refractivity contribution in [3.63, 3.8) is 0 Å². The molecule has 3 N–H and O–H groups in total. The highest BCUT2D eigenvalue weighted by Crippen LogP contribution is 2.24. The lowest BCUT2D eigenvalue weighted by Crippen LogP contribution is -2.31. The van der Waals surface area contributed by atoms with Crippen LogP contribution in [0.1, 0.15) is 19.4 Å². The molecule has 0 bridgehead atoms. The fourth-order valence-corrected chi connectivity index (χ4v) is 1.48. The van der Waals surface area contributed by atoms with Crippen LogP contribution in [0.3, 0.4) is 0 Å². The Kier molecular flexibility index (Phi) is 6.15. The molecule has 1 amide bonds. The second-order valence-electron chi connectivity index (χ2n) is 4.66. The zero-order valence-corrected chi connectivity index (χ0v) is 11.7. The van der Waals surface area contributed by atoms with Crippen LogP contribution in [0, 0.1) is 5.92 Å². The van der Waals surface area contributed by atoms with Gasteiger partial charge in [0.2, 0.25) is 0 Å². The fraction of sp³-hybridized carbons (Fsp3) is 0.500. The van der Waals surface area contributed by atoms with E-state index in [9.17, 15) is 4.79 Å². The van der Waals surface area contributed by atoms with E-state index in [0.717, 1.165) is 5.56 Å². The van der Waals surface area contributed by atoms with Crippen molar-refractivity contribution < 1.29 is 14.3 Å². The van der Waals surface area contributed by atoms with Gasteiger partial charge in [0.25, 0.3) is 5.91 Å². The molecule has 0 unspecified atom stereocenters. The van der Waals surface area contributed by atoms with Gasteiger partial charge >= 0.3 is 0 Å². The van der Waals surface area contributed by atoms with Crippen LogP contribution in [-0.2, 0) is 11.3 Å². The molecule has 0 atom stereocenters. The number of benzene rings is 1. The van der Waals surface area contributed by atoms with Crippen LogP contribution in [0.15, 0.2) is 18.2 Å². The summed E-state index contributed by atoms with van der Waals surface area (Å²) in [6, 6.07) is 5.38. The van der Waals surface area contributed by atoms with Gasteiger partial charge in [0.15, 0.2) is 6.61 Å². The maximum Gasteiger partial charge on any atom is 0.257 e. The molecule has 1 aromatic rings. The highest BCUT2D eigenvalue weighted by molar-refractivity contribution is 5.77. The number of hydrogen-bond acceptors (Lipinski definition) is 4. The Morgan fingerprint density at radius 2 is 2.16 bits per heavy atom. The lowest BCUT2D eigenvalue weighted by Gasteiger charge is -2.12. The minimum absolute atomic E-state index is 0.0209. The Labute approximate surface area is 114 Å². The van der Waals surface area contributed by atoms with E-state index >= 15 is 0 Å². The van der Waals surface area contributed by atoms with E-state index in [1.807, 2.05) is 26.0 Å². The summed E-state index contributed by atoms with van der Waals surface area (Å²) < 4.78 is 10.6. The molecule has 5 nitrogen and oxygen atoms in total. The van der Waals surface area contributed by atoms with Crippen molar-refractivity contribution in [2.24, 2.45) is 11.7 Å². The lowest BCUT2D eigenvalue weighted by molar-refractivity contribution is -0.123.